The van der Waals surface area contributed by atoms with Gasteiger partial charge in [0.15, 0.2) is 0 Å². The van der Waals surface area contributed by atoms with E-state index in [-0.39, 0.29) is 12.3 Å². The summed E-state index contributed by atoms with van der Waals surface area (Å²) in [7, 11) is 0. The van der Waals surface area contributed by atoms with Crippen LogP contribution in [0.1, 0.15) is 48.7 Å². The normalized spacial score (nSPS) is 11.9. The summed E-state index contributed by atoms with van der Waals surface area (Å²) in [4.78, 5) is 26.6. The average Bonchev–Trinajstić information content (AvgIpc) is 2.50. The van der Waals surface area contributed by atoms with Crippen LogP contribution >= 0.6 is 0 Å². The minimum absolute atomic E-state index is 0.153. The standard InChI is InChI=1S/C15H23N3O3/c1-2-11(3-4-14(19)20)5-7-18-15(21)12-6-8-17-13(9-12)10-16/h6,8-9,11H,2-5,7,10,16H2,1H3,(H,18,21)(H,19,20). The van der Waals surface area contributed by atoms with Gasteiger partial charge in [-0.2, -0.15) is 0 Å². The summed E-state index contributed by atoms with van der Waals surface area (Å²) in [5.41, 5.74) is 6.71. The molecule has 0 aliphatic rings. The van der Waals surface area contributed by atoms with Gasteiger partial charge in [-0.15, -0.1) is 0 Å². The summed E-state index contributed by atoms with van der Waals surface area (Å²) < 4.78 is 0. The lowest BCUT2D eigenvalue weighted by atomic mass is 9.96. The van der Waals surface area contributed by atoms with E-state index < -0.39 is 5.97 Å². The Kier molecular flexibility index (Phi) is 7.39. The molecule has 6 nitrogen and oxygen atoms in total. The Morgan fingerprint density at radius 2 is 2.19 bits per heavy atom. The number of rotatable bonds is 9. The molecule has 0 aliphatic carbocycles. The highest BCUT2D eigenvalue weighted by Crippen LogP contribution is 2.14. The van der Waals surface area contributed by atoms with E-state index in [1.807, 2.05) is 6.92 Å². The van der Waals surface area contributed by atoms with Crippen LogP contribution in [0, 0.1) is 5.92 Å². The van der Waals surface area contributed by atoms with Crippen molar-refractivity contribution in [3.63, 3.8) is 0 Å². The Bertz CT molecular complexity index is 477. The van der Waals surface area contributed by atoms with E-state index >= 15 is 0 Å². The van der Waals surface area contributed by atoms with E-state index in [1.54, 1.807) is 18.3 Å². The zero-order chi connectivity index (χ0) is 15.7. The van der Waals surface area contributed by atoms with E-state index in [0.29, 0.717) is 36.7 Å². The Morgan fingerprint density at radius 1 is 1.43 bits per heavy atom. The van der Waals surface area contributed by atoms with Crippen molar-refractivity contribution < 1.29 is 14.7 Å². The van der Waals surface area contributed by atoms with Crippen LogP contribution in [0.2, 0.25) is 0 Å². The molecule has 0 bridgehead atoms. The molecule has 21 heavy (non-hydrogen) atoms. The van der Waals surface area contributed by atoms with Crippen molar-refractivity contribution in [3.8, 4) is 0 Å². The summed E-state index contributed by atoms with van der Waals surface area (Å²) in [5, 5.41) is 11.5. The summed E-state index contributed by atoms with van der Waals surface area (Å²) >= 11 is 0. The Morgan fingerprint density at radius 3 is 2.81 bits per heavy atom. The van der Waals surface area contributed by atoms with Crippen LogP contribution in [-0.4, -0.2) is 28.5 Å². The lowest BCUT2D eigenvalue weighted by molar-refractivity contribution is -0.137. The fourth-order valence-corrected chi connectivity index (χ4v) is 2.10. The Hall–Kier alpha value is -1.95. The van der Waals surface area contributed by atoms with Gasteiger partial charge < -0.3 is 16.2 Å². The van der Waals surface area contributed by atoms with Crippen molar-refractivity contribution in [1.82, 2.24) is 10.3 Å². The van der Waals surface area contributed by atoms with E-state index in [9.17, 15) is 9.59 Å². The zero-order valence-corrected chi connectivity index (χ0v) is 12.3. The van der Waals surface area contributed by atoms with Crippen molar-refractivity contribution in [3.05, 3.63) is 29.6 Å². The van der Waals surface area contributed by atoms with Gasteiger partial charge in [-0.3, -0.25) is 14.6 Å². The maximum absolute atomic E-state index is 12.0. The number of carboxylic acid groups (broad SMARTS) is 1. The van der Waals surface area contributed by atoms with Crippen LogP contribution < -0.4 is 11.1 Å². The number of hydrogen-bond donors (Lipinski definition) is 3. The molecule has 1 unspecified atom stereocenters. The summed E-state index contributed by atoms with van der Waals surface area (Å²) in [6.07, 6.45) is 4.09. The molecule has 0 aromatic carbocycles. The number of carbonyl (C=O) groups is 2. The van der Waals surface area contributed by atoms with Gasteiger partial charge >= 0.3 is 5.97 Å². The molecule has 6 heteroatoms. The molecule has 1 rings (SSSR count). The van der Waals surface area contributed by atoms with Gasteiger partial charge in [-0.05, 0) is 30.9 Å². The lowest BCUT2D eigenvalue weighted by Crippen LogP contribution is -2.26. The number of nitrogens with one attached hydrogen (secondary N) is 1. The Labute approximate surface area is 124 Å². The molecule has 116 valence electrons. The van der Waals surface area contributed by atoms with E-state index in [0.717, 1.165) is 12.8 Å². The molecule has 0 saturated heterocycles. The smallest absolute Gasteiger partial charge is 0.303 e. The SMILES string of the molecule is CCC(CCNC(=O)c1ccnc(CN)c1)CCC(=O)O. The van der Waals surface area contributed by atoms with Gasteiger partial charge in [-0.25, -0.2) is 0 Å². The highest BCUT2D eigenvalue weighted by Gasteiger charge is 2.11. The molecule has 0 fully saturated rings. The first-order valence-electron chi connectivity index (χ1n) is 7.21. The highest BCUT2D eigenvalue weighted by atomic mass is 16.4. The molecule has 4 N–H and O–H groups in total. The average molecular weight is 293 g/mol. The third-order valence-corrected chi connectivity index (χ3v) is 3.47. The third-order valence-electron chi connectivity index (χ3n) is 3.47. The first-order chi connectivity index (χ1) is 10.1. The van der Waals surface area contributed by atoms with E-state index in [4.69, 9.17) is 10.8 Å². The number of amides is 1. The Balaban J connectivity index is 2.39. The second-order valence-electron chi connectivity index (χ2n) is 4.99. The van der Waals surface area contributed by atoms with Crippen molar-refractivity contribution in [2.24, 2.45) is 11.7 Å². The number of pyridine rings is 1. The largest absolute Gasteiger partial charge is 0.481 e. The molecule has 1 amide bonds. The number of nitrogens with two attached hydrogens (primary N) is 1. The van der Waals surface area contributed by atoms with Crippen LogP contribution in [0.25, 0.3) is 0 Å². The van der Waals surface area contributed by atoms with E-state index in [1.165, 1.54) is 0 Å². The molecule has 0 aliphatic heterocycles. The number of carbonyl (C=O) groups excluding carboxylic acids is 1. The zero-order valence-electron chi connectivity index (χ0n) is 12.3. The summed E-state index contributed by atoms with van der Waals surface area (Å²) in [5.74, 6) is -0.609. The second kappa shape index (κ2) is 9.07. The maximum Gasteiger partial charge on any atom is 0.303 e. The number of nitrogens with zero attached hydrogens (tertiary/aromatic N) is 1. The first-order valence-corrected chi connectivity index (χ1v) is 7.21. The van der Waals surface area contributed by atoms with Crippen molar-refractivity contribution >= 4 is 11.9 Å². The predicted octanol–water partition coefficient (Wildman–Crippen LogP) is 1.55. The minimum atomic E-state index is -0.774. The van der Waals surface area contributed by atoms with Gasteiger partial charge in [0.25, 0.3) is 5.91 Å². The quantitative estimate of drug-likeness (QED) is 0.640. The van der Waals surface area contributed by atoms with Gasteiger partial charge in [0.1, 0.15) is 0 Å². The third kappa shape index (κ3) is 6.35. The number of hydrogen-bond acceptors (Lipinski definition) is 4. The maximum atomic E-state index is 12.0. The molecule has 1 heterocycles. The van der Waals surface area contributed by atoms with Gasteiger partial charge in [0.05, 0.1) is 5.69 Å². The monoisotopic (exact) mass is 293 g/mol. The molecule has 1 atom stereocenters. The molecular formula is C15H23N3O3. The molecule has 1 aromatic heterocycles. The molecule has 0 radical (unpaired) electrons. The first kappa shape index (κ1) is 17.1. The van der Waals surface area contributed by atoms with Crippen LogP contribution in [0.15, 0.2) is 18.3 Å². The molecule has 0 saturated carbocycles. The van der Waals surface area contributed by atoms with Gasteiger partial charge in [0, 0.05) is 31.3 Å². The topological polar surface area (TPSA) is 105 Å². The number of aromatic nitrogens is 1. The van der Waals surface area contributed by atoms with Crippen molar-refractivity contribution in [2.75, 3.05) is 6.54 Å². The van der Waals surface area contributed by atoms with Crippen LogP contribution in [-0.2, 0) is 11.3 Å². The van der Waals surface area contributed by atoms with E-state index in [2.05, 4.69) is 10.3 Å². The van der Waals surface area contributed by atoms with Crippen molar-refractivity contribution in [1.29, 1.82) is 0 Å². The number of aliphatic carboxylic acids is 1. The summed E-state index contributed by atoms with van der Waals surface area (Å²) in [6.45, 7) is 2.87. The highest BCUT2D eigenvalue weighted by molar-refractivity contribution is 5.94. The summed E-state index contributed by atoms with van der Waals surface area (Å²) in [6, 6.07) is 3.33. The predicted molar refractivity (Wildman–Crippen MR) is 79.7 cm³/mol. The van der Waals surface area contributed by atoms with Gasteiger partial charge in [0.2, 0.25) is 0 Å². The molecule has 0 spiro atoms. The fraction of sp³-hybridized carbons (Fsp3) is 0.533. The molecular weight excluding hydrogens is 270 g/mol. The minimum Gasteiger partial charge on any atom is -0.481 e. The lowest BCUT2D eigenvalue weighted by Gasteiger charge is -2.14. The second-order valence-corrected chi connectivity index (χ2v) is 4.99. The fourth-order valence-electron chi connectivity index (χ4n) is 2.10. The van der Waals surface area contributed by atoms with Crippen molar-refractivity contribution in [2.45, 2.75) is 39.2 Å². The number of carboxylic acids is 1. The molecule has 1 aromatic rings. The van der Waals surface area contributed by atoms with Crippen LogP contribution in [0.5, 0.6) is 0 Å². The van der Waals surface area contributed by atoms with Gasteiger partial charge in [-0.1, -0.05) is 13.3 Å². The van der Waals surface area contributed by atoms with Crippen LogP contribution in [0.4, 0.5) is 0 Å². The van der Waals surface area contributed by atoms with Crippen LogP contribution in [0.3, 0.4) is 0 Å².